The van der Waals surface area contributed by atoms with Gasteiger partial charge in [0, 0.05) is 12.7 Å². The van der Waals surface area contributed by atoms with Gasteiger partial charge in [-0.3, -0.25) is 0 Å². The molecule has 1 aromatic heterocycles. The van der Waals surface area contributed by atoms with Crippen LogP contribution in [0.1, 0.15) is 12.8 Å². The van der Waals surface area contributed by atoms with Crippen molar-refractivity contribution in [1.29, 1.82) is 0 Å². The first-order chi connectivity index (χ1) is 6.81. The van der Waals surface area contributed by atoms with Crippen LogP contribution in [0.15, 0.2) is 12.3 Å². The molecule has 1 atom stereocenters. The summed E-state index contributed by atoms with van der Waals surface area (Å²) in [7, 11) is 0. The molecule has 0 aromatic carbocycles. The molecule has 5 heteroatoms. The number of anilines is 1. The Balaban J connectivity index is 2.21. The fraction of sp³-hybridized carbons (Fsp3) is 0.556. The Morgan fingerprint density at radius 1 is 1.64 bits per heavy atom. The van der Waals surface area contributed by atoms with Crippen LogP contribution in [-0.4, -0.2) is 34.3 Å². The minimum Gasteiger partial charge on any atom is -0.394 e. The van der Waals surface area contributed by atoms with E-state index in [-0.39, 0.29) is 17.9 Å². The Morgan fingerprint density at radius 2 is 2.50 bits per heavy atom. The first-order valence-corrected chi connectivity index (χ1v) is 5.05. The van der Waals surface area contributed by atoms with Crippen molar-refractivity contribution in [2.75, 3.05) is 18.1 Å². The second kappa shape index (κ2) is 4.11. The van der Waals surface area contributed by atoms with Gasteiger partial charge in [-0.25, -0.2) is 9.97 Å². The smallest absolute Gasteiger partial charge is 0.224 e. The summed E-state index contributed by atoms with van der Waals surface area (Å²) in [5, 5.41) is 9.40. The molecule has 1 fully saturated rings. The van der Waals surface area contributed by atoms with Crippen molar-refractivity contribution < 1.29 is 5.11 Å². The summed E-state index contributed by atoms with van der Waals surface area (Å²) >= 11 is 5.70. The number of aromatic nitrogens is 2. The van der Waals surface area contributed by atoms with Gasteiger partial charge < -0.3 is 10.0 Å². The largest absolute Gasteiger partial charge is 0.394 e. The van der Waals surface area contributed by atoms with E-state index < -0.39 is 0 Å². The Labute approximate surface area is 87.5 Å². The normalized spacial score (nSPS) is 21.6. The topological polar surface area (TPSA) is 49.2 Å². The third kappa shape index (κ3) is 1.81. The van der Waals surface area contributed by atoms with Crippen molar-refractivity contribution in [2.24, 2.45) is 0 Å². The summed E-state index contributed by atoms with van der Waals surface area (Å²) in [5.41, 5.74) is 0. The van der Waals surface area contributed by atoms with Crippen LogP contribution in [0.25, 0.3) is 0 Å². The quantitative estimate of drug-likeness (QED) is 0.748. The van der Waals surface area contributed by atoms with Crippen LogP contribution >= 0.6 is 11.6 Å². The van der Waals surface area contributed by atoms with Crippen molar-refractivity contribution in [3.63, 3.8) is 0 Å². The molecule has 0 amide bonds. The molecule has 1 saturated heterocycles. The van der Waals surface area contributed by atoms with Crippen molar-refractivity contribution >= 4 is 17.4 Å². The van der Waals surface area contributed by atoms with Crippen LogP contribution in [-0.2, 0) is 0 Å². The van der Waals surface area contributed by atoms with E-state index in [9.17, 15) is 0 Å². The molecule has 0 spiro atoms. The molecule has 76 valence electrons. The maximum absolute atomic E-state index is 9.15. The highest BCUT2D eigenvalue weighted by Gasteiger charge is 2.24. The Kier molecular flexibility index (Phi) is 2.84. The number of halogens is 1. The zero-order valence-corrected chi connectivity index (χ0v) is 8.48. The molecule has 14 heavy (non-hydrogen) atoms. The van der Waals surface area contributed by atoms with Crippen LogP contribution in [0.5, 0.6) is 0 Å². The number of aliphatic hydroxyl groups excluding tert-OH is 1. The van der Waals surface area contributed by atoms with E-state index in [0.717, 1.165) is 25.2 Å². The monoisotopic (exact) mass is 213 g/mol. The van der Waals surface area contributed by atoms with Gasteiger partial charge in [-0.05, 0) is 30.5 Å². The third-order valence-corrected chi connectivity index (χ3v) is 2.68. The molecule has 1 N–H and O–H groups in total. The Morgan fingerprint density at radius 3 is 3.21 bits per heavy atom. The average Bonchev–Trinajstić information content (AvgIpc) is 2.65. The predicted octanol–water partition coefficient (Wildman–Crippen LogP) is 1.09. The lowest BCUT2D eigenvalue weighted by molar-refractivity contribution is 0.266. The Hall–Kier alpha value is -0.870. The second-order valence-corrected chi connectivity index (χ2v) is 3.69. The van der Waals surface area contributed by atoms with Gasteiger partial charge in [-0.2, -0.15) is 0 Å². The molecule has 2 rings (SSSR count). The minimum absolute atomic E-state index is 0.168. The van der Waals surface area contributed by atoms with E-state index >= 15 is 0 Å². The van der Waals surface area contributed by atoms with Gasteiger partial charge in [0.2, 0.25) is 5.28 Å². The number of nitrogens with zero attached hydrogens (tertiary/aromatic N) is 3. The van der Waals surface area contributed by atoms with Crippen molar-refractivity contribution in [2.45, 2.75) is 18.9 Å². The number of aliphatic hydroxyl groups is 1. The highest BCUT2D eigenvalue weighted by atomic mass is 35.5. The zero-order valence-electron chi connectivity index (χ0n) is 7.73. The Bertz CT molecular complexity index is 321. The summed E-state index contributed by atoms with van der Waals surface area (Å²) < 4.78 is 0. The molecule has 0 saturated carbocycles. The summed E-state index contributed by atoms with van der Waals surface area (Å²) in [4.78, 5) is 10.0. The van der Waals surface area contributed by atoms with Gasteiger partial charge in [0.1, 0.15) is 5.82 Å². The molecule has 0 unspecified atom stereocenters. The number of hydrogen-bond acceptors (Lipinski definition) is 4. The van der Waals surface area contributed by atoms with E-state index in [4.69, 9.17) is 16.7 Å². The summed E-state index contributed by atoms with van der Waals surface area (Å²) in [6.45, 7) is 1.10. The standard InChI is InChI=1S/C9H12ClN3O/c10-9-11-4-3-8(12-9)13-5-1-2-7(13)6-14/h3-4,7,14H,1-2,5-6H2/t7-/m0/s1. The van der Waals surface area contributed by atoms with Crippen LogP contribution in [0.3, 0.4) is 0 Å². The lowest BCUT2D eigenvalue weighted by Crippen LogP contribution is -2.32. The molecule has 0 bridgehead atoms. The van der Waals surface area contributed by atoms with Crippen molar-refractivity contribution in [3.05, 3.63) is 17.5 Å². The average molecular weight is 214 g/mol. The van der Waals surface area contributed by atoms with Gasteiger partial charge >= 0.3 is 0 Å². The van der Waals surface area contributed by atoms with E-state index in [0.29, 0.717) is 0 Å². The van der Waals surface area contributed by atoms with Gasteiger partial charge in [0.05, 0.1) is 12.6 Å². The van der Waals surface area contributed by atoms with E-state index in [1.807, 2.05) is 6.07 Å². The number of hydrogen-bond donors (Lipinski definition) is 1. The van der Waals surface area contributed by atoms with E-state index in [1.54, 1.807) is 6.20 Å². The molecule has 4 nitrogen and oxygen atoms in total. The summed E-state index contributed by atoms with van der Waals surface area (Å²) in [5.74, 6) is 0.807. The maximum Gasteiger partial charge on any atom is 0.224 e. The van der Waals surface area contributed by atoms with Crippen LogP contribution in [0.2, 0.25) is 5.28 Å². The predicted molar refractivity (Wildman–Crippen MR) is 54.5 cm³/mol. The molecule has 1 aliphatic rings. The highest BCUT2D eigenvalue weighted by molar-refractivity contribution is 6.28. The van der Waals surface area contributed by atoms with Crippen LogP contribution in [0.4, 0.5) is 5.82 Å². The third-order valence-electron chi connectivity index (χ3n) is 2.49. The van der Waals surface area contributed by atoms with Crippen LogP contribution in [0, 0.1) is 0 Å². The van der Waals surface area contributed by atoms with Crippen molar-refractivity contribution in [1.82, 2.24) is 9.97 Å². The van der Waals surface area contributed by atoms with Gasteiger partial charge in [0.15, 0.2) is 0 Å². The summed E-state index contributed by atoms with van der Waals surface area (Å²) in [6.07, 6.45) is 3.74. The van der Waals surface area contributed by atoms with E-state index in [1.165, 1.54) is 0 Å². The van der Waals surface area contributed by atoms with Crippen LogP contribution < -0.4 is 4.90 Å². The van der Waals surface area contributed by atoms with E-state index in [2.05, 4.69) is 14.9 Å². The zero-order chi connectivity index (χ0) is 9.97. The second-order valence-electron chi connectivity index (χ2n) is 3.36. The van der Waals surface area contributed by atoms with Gasteiger partial charge in [-0.1, -0.05) is 0 Å². The molecule has 0 radical (unpaired) electrons. The molecule has 0 aliphatic carbocycles. The fourth-order valence-corrected chi connectivity index (χ4v) is 1.96. The molecule has 1 aromatic rings. The first-order valence-electron chi connectivity index (χ1n) is 4.67. The molecular formula is C9H12ClN3O. The fourth-order valence-electron chi connectivity index (χ4n) is 1.81. The maximum atomic E-state index is 9.15. The van der Waals surface area contributed by atoms with Crippen molar-refractivity contribution in [3.8, 4) is 0 Å². The number of rotatable bonds is 2. The lowest BCUT2D eigenvalue weighted by atomic mass is 10.2. The van der Waals surface area contributed by atoms with Gasteiger partial charge in [-0.15, -0.1) is 0 Å². The molecular weight excluding hydrogens is 202 g/mol. The SMILES string of the molecule is OC[C@@H]1CCCN1c1ccnc(Cl)n1. The minimum atomic E-state index is 0.168. The van der Waals surface area contributed by atoms with Gasteiger partial charge in [0.25, 0.3) is 0 Å². The lowest BCUT2D eigenvalue weighted by Gasteiger charge is -2.23. The summed E-state index contributed by atoms with van der Waals surface area (Å²) in [6, 6.07) is 2.00. The highest BCUT2D eigenvalue weighted by Crippen LogP contribution is 2.23. The molecule has 1 aliphatic heterocycles. The first kappa shape index (κ1) is 9.68. The molecule has 2 heterocycles.